The molecular weight excluding hydrogens is 596 g/mol. The molecule has 0 bridgehead atoms. The van der Waals surface area contributed by atoms with E-state index in [0.29, 0.717) is 28.5 Å². The third-order valence-corrected chi connectivity index (χ3v) is 8.05. The smallest absolute Gasteiger partial charge is 0.343 e. The number of pyridine rings is 1. The van der Waals surface area contributed by atoms with Crippen molar-refractivity contribution in [2.45, 2.75) is 65.0 Å². The number of ether oxygens (including phenoxy) is 2. The third kappa shape index (κ3) is 7.17. The van der Waals surface area contributed by atoms with Crippen molar-refractivity contribution in [3.05, 3.63) is 60.1 Å². The van der Waals surface area contributed by atoms with Gasteiger partial charge in [0.1, 0.15) is 11.3 Å². The molecule has 2 aliphatic rings. The quantitative estimate of drug-likeness (QED) is 0.201. The predicted molar refractivity (Wildman–Crippen MR) is 186 cm³/mol. The third-order valence-electron chi connectivity index (χ3n) is 8.05. The predicted octanol–water partition coefficient (Wildman–Crippen LogP) is 5.58. The number of methoxy groups -OCH3 is 1. The van der Waals surface area contributed by atoms with Crippen LogP contribution in [0.3, 0.4) is 0 Å². The maximum atomic E-state index is 13.4. The number of esters is 1. The average molecular weight is 645 g/mol. The lowest BCUT2D eigenvalue weighted by molar-refractivity contribution is -0.111. The van der Waals surface area contributed by atoms with Gasteiger partial charge in [0.05, 0.1) is 44.4 Å². The number of fused-ring (bicyclic) bond motifs is 1. The van der Waals surface area contributed by atoms with Crippen molar-refractivity contribution in [1.82, 2.24) is 19.9 Å². The number of anilines is 6. The van der Waals surface area contributed by atoms with E-state index < -0.39 is 24.0 Å². The molecule has 0 radical (unpaired) electrons. The topological polar surface area (TPSA) is 125 Å². The zero-order chi connectivity index (χ0) is 35.8. The van der Waals surface area contributed by atoms with E-state index in [4.69, 9.17) is 19.4 Å². The number of aryl methyl sites for hydroxylation is 1. The van der Waals surface area contributed by atoms with Crippen LogP contribution in [0.5, 0.6) is 5.75 Å². The second-order valence-electron chi connectivity index (χ2n) is 12.9. The van der Waals surface area contributed by atoms with Gasteiger partial charge in [0, 0.05) is 49.0 Å². The minimum absolute atomic E-state index is 0.00503. The summed E-state index contributed by atoms with van der Waals surface area (Å²) in [5, 5.41) is 6.15. The molecule has 1 saturated heterocycles. The summed E-state index contributed by atoms with van der Waals surface area (Å²) in [5.41, 5.74) is 2.50. The number of hydrogen-bond acceptors (Lipinski definition) is 11. The Morgan fingerprint density at radius 3 is 2.66 bits per heavy atom. The van der Waals surface area contributed by atoms with Crippen LogP contribution in [0.4, 0.5) is 34.5 Å². The summed E-state index contributed by atoms with van der Waals surface area (Å²) in [4.78, 5) is 45.7. The maximum absolute atomic E-state index is 13.4. The summed E-state index contributed by atoms with van der Waals surface area (Å²) in [6.07, 6.45) is 4.14. The Hall–Kier alpha value is -4.71. The Balaban J connectivity index is 1.63. The largest absolute Gasteiger partial charge is 0.494 e. The number of hydrogen-bond donors (Lipinski definition) is 2. The molecule has 2 N–H and O–H groups in total. The fraction of sp³-hybridized carbons (Fsp3) is 0.457. The number of carbonyl (C=O) groups excluding carboxylic acids is 2. The van der Waals surface area contributed by atoms with Crippen LogP contribution in [0.1, 0.15) is 65.0 Å². The summed E-state index contributed by atoms with van der Waals surface area (Å²) in [5.74, 6) is -0.498. The first-order valence-corrected chi connectivity index (χ1v) is 15.8. The second kappa shape index (κ2) is 13.6. The molecule has 47 heavy (non-hydrogen) atoms. The van der Waals surface area contributed by atoms with Crippen molar-refractivity contribution < 1.29 is 21.8 Å². The van der Waals surface area contributed by atoms with Crippen LogP contribution in [-0.4, -0.2) is 84.7 Å². The Morgan fingerprint density at radius 1 is 1.21 bits per heavy atom. The number of carbonyl (C=O) groups is 2. The minimum Gasteiger partial charge on any atom is -0.494 e. The first-order valence-electron chi connectivity index (χ1n) is 16.8. The van der Waals surface area contributed by atoms with E-state index in [0.717, 1.165) is 37.3 Å². The Bertz CT molecular complexity index is 1760. The molecule has 1 aromatic carbocycles. The maximum Gasteiger partial charge on any atom is 0.343 e. The normalized spacial score (nSPS) is 18.5. The number of likely N-dealkylation sites (N-methyl/N-ethyl adjacent to an activating group) is 1. The fourth-order valence-electron chi connectivity index (χ4n) is 6.02. The molecule has 0 spiro atoms. The standard InChI is InChI=1S/C35H46N8O4/c1-10-30(44)38-25-16-26(29(46-9)17-28(25)42-15-11-12-23(42)19-41(7)8)39-34-36-18-24(33(45)47-21(2)3)32(40-34)43-20-35(5,6)31-27(43)14-13-22(4)37-31/h10,13-14,16-18,21,23H,1,11-12,15,19-20H2,2-9H3,(H,38,44)(H,36,39,40)/t23-/m1/s1/i20D2. The van der Waals surface area contributed by atoms with Gasteiger partial charge in [0.2, 0.25) is 11.9 Å². The summed E-state index contributed by atoms with van der Waals surface area (Å²) in [7, 11) is 5.63. The van der Waals surface area contributed by atoms with Gasteiger partial charge in [0.15, 0.2) is 5.82 Å². The van der Waals surface area contributed by atoms with Gasteiger partial charge in [0.25, 0.3) is 0 Å². The van der Waals surface area contributed by atoms with E-state index in [1.165, 1.54) is 17.2 Å². The van der Waals surface area contributed by atoms with Gasteiger partial charge in [-0.1, -0.05) is 20.4 Å². The second-order valence-corrected chi connectivity index (χ2v) is 12.9. The van der Waals surface area contributed by atoms with Crippen LogP contribution in [-0.2, 0) is 14.9 Å². The lowest BCUT2D eigenvalue weighted by Gasteiger charge is -2.31. The van der Waals surface area contributed by atoms with Crippen molar-refractivity contribution in [3.63, 3.8) is 0 Å². The number of nitrogens with one attached hydrogen (secondary N) is 2. The van der Waals surface area contributed by atoms with Crippen molar-refractivity contribution in [2.75, 3.05) is 61.2 Å². The molecule has 1 fully saturated rings. The SMILES string of the molecule is [2H]C1([2H])N(c2nc(Nc3cc(NC(=O)C=C)c(N4CCC[C@@H]4CN(C)C)cc3OC)ncc2C(=O)OC(C)C)c2ccc(C)nc2C1(C)C. The molecular formula is C35H46N8O4. The molecule has 12 heteroatoms. The molecule has 5 rings (SSSR count). The Kier molecular flexibility index (Phi) is 8.92. The molecule has 0 aliphatic carbocycles. The van der Waals surface area contributed by atoms with Crippen LogP contribution in [0.15, 0.2) is 43.1 Å². The fourth-order valence-corrected chi connectivity index (χ4v) is 6.02. The van der Waals surface area contributed by atoms with Gasteiger partial charge >= 0.3 is 5.97 Å². The molecule has 12 nitrogen and oxygen atoms in total. The zero-order valence-electron chi connectivity index (χ0n) is 30.5. The molecule has 250 valence electrons. The van der Waals surface area contributed by atoms with Crippen molar-refractivity contribution in [2.24, 2.45) is 0 Å². The Labute approximate surface area is 280 Å². The van der Waals surface area contributed by atoms with Crippen LogP contribution in [0.25, 0.3) is 0 Å². The van der Waals surface area contributed by atoms with Gasteiger partial charge in [-0.05, 0) is 72.0 Å². The van der Waals surface area contributed by atoms with Crippen molar-refractivity contribution in [1.29, 1.82) is 0 Å². The van der Waals surface area contributed by atoms with Crippen molar-refractivity contribution in [3.8, 4) is 5.75 Å². The van der Waals surface area contributed by atoms with Gasteiger partial charge < -0.3 is 34.8 Å². The van der Waals surface area contributed by atoms with Gasteiger partial charge in [-0.3, -0.25) is 9.78 Å². The highest BCUT2D eigenvalue weighted by Gasteiger charge is 2.40. The van der Waals surface area contributed by atoms with Crippen LogP contribution in [0.2, 0.25) is 0 Å². The van der Waals surface area contributed by atoms with E-state index >= 15 is 0 Å². The summed E-state index contributed by atoms with van der Waals surface area (Å²) in [6, 6.07) is 7.45. The summed E-state index contributed by atoms with van der Waals surface area (Å²) >= 11 is 0. The molecule has 3 aromatic rings. The van der Waals surface area contributed by atoms with Crippen molar-refractivity contribution >= 4 is 46.4 Å². The van der Waals surface area contributed by atoms with Gasteiger partial charge in [-0.25, -0.2) is 9.78 Å². The van der Waals surface area contributed by atoms with E-state index in [1.807, 2.05) is 27.1 Å². The molecule has 0 unspecified atom stereocenters. The molecule has 2 aromatic heterocycles. The van der Waals surface area contributed by atoms with Crippen LogP contribution < -0.4 is 25.2 Å². The number of nitrogens with zero attached hydrogens (tertiary/aromatic N) is 6. The van der Waals surface area contributed by atoms with Crippen LogP contribution >= 0.6 is 0 Å². The van der Waals surface area contributed by atoms with E-state index in [2.05, 4.69) is 32.0 Å². The number of aromatic nitrogens is 3. The van der Waals surface area contributed by atoms with Gasteiger partial charge in [-0.15, -0.1) is 0 Å². The molecule has 2 aliphatic heterocycles. The van der Waals surface area contributed by atoms with Crippen LogP contribution in [0, 0.1) is 6.92 Å². The highest BCUT2D eigenvalue weighted by molar-refractivity contribution is 6.02. The lowest BCUT2D eigenvalue weighted by Crippen LogP contribution is -2.38. The molecule has 1 amide bonds. The Morgan fingerprint density at radius 2 is 1.98 bits per heavy atom. The molecule has 4 heterocycles. The first kappa shape index (κ1) is 30.9. The average Bonchev–Trinajstić information content (AvgIpc) is 3.53. The number of rotatable bonds is 11. The summed E-state index contributed by atoms with van der Waals surface area (Å²) in [6.45, 7) is 12.1. The highest BCUT2D eigenvalue weighted by atomic mass is 16.5. The summed E-state index contributed by atoms with van der Waals surface area (Å²) < 4.78 is 30.0. The van der Waals surface area contributed by atoms with Gasteiger partial charge in [-0.2, -0.15) is 4.98 Å². The van der Waals surface area contributed by atoms with E-state index in [9.17, 15) is 12.3 Å². The molecule has 1 atom stereocenters. The zero-order valence-corrected chi connectivity index (χ0v) is 28.5. The highest BCUT2D eigenvalue weighted by Crippen LogP contribution is 2.45. The first-order chi connectivity index (χ1) is 23.1. The molecule has 0 saturated carbocycles. The lowest BCUT2D eigenvalue weighted by atomic mass is 9.91. The van der Waals surface area contributed by atoms with E-state index in [1.54, 1.807) is 53.0 Å². The number of benzene rings is 1. The van der Waals surface area contributed by atoms with E-state index in [-0.39, 0.29) is 29.3 Å². The monoisotopic (exact) mass is 644 g/mol. The number of amides is 1. The minimum atomic E-state index is -2.05.